The predicted molar refractivity (Wildman–Crippen MR) is 52.7 cm³/mol. The molecule has 0 radical (unpaired) electrons. The second-order valence-electron chi connectivity index (χ2n) is 2.94. The van der Waals surface area contributed by atoms with Crippen LogP contribution in [0.4, 0.5) is 0 Å². The van der Waals surface area contributed by atoms with Crippen molar-refractivity contribution in [1.29, 1.82) is 0 Å². The van der Waals surface area contributed by atoms with Crippen LogP contribution < -0.4 is 0 Å². The van der Waals surface area contributed by atoms with Gasteiger partial charge in [-0.05, 0) is 12.1 Å². The molecule has 0 amide bonds. The summed E-state index contributed by atoms with van der Waals surface area (Å²) in [5.41, 5.74) is 2.08. The van der Waals surface area contributed by atoms with Crippen LogP contribution in [-0.4, -0.2) is 30.1 Å². The Morgan fingerprint density at radius 2 is 2.20 bits per heavy atom. The maximum Gasteiger partial charge on any atom is 0.182 e. The highest BCUT2D eigenvalue weighted by Gasteiger charge is 2.05. The zero-order valence-electron chi connectivity index (χ0n) is 7.62. The number of hydrogen-bond acceptors (Lipinski definition) is 5. The highest BCUT2D eigenvalue weighted by Crippen LogP contribution is 2.12. The van der Waals surface area contributed by atoms with Gasteiger partial charge in [0.15, 0.2) is 11.5 Å². The lowest BCUT2D eigenvalue weighted by atomic mass is 10.3. The molecule has 3 aromatic rings. The lowest BCUT2D eigenvalue weighted by Gasteiger charge is -1.96. The summed E-state index contributed by atoms with van der Waals surface area (Å²) in [5, 5.41) is 7.70. The van der Waals surface area contributed by atoms with Gasteiger partial charge in [0.1, 0.15) is 11.2 Å². The fourth-order valence-electron chi connectivity index (χ4n) is 1.28. The normalized spacial score (nSPS) is 10.7. The van der Waals surface area contributed by atoms with E-state index in [0.717, 1.165) is 5.52 Å². The molecule has 6 heteroatoms. The Hall–Kier alpha value is -2.37. The van der Waals surface area contributed by atoms with Gasteiger partial charge >= 0.3 is 0 Å². The minimum atomic E-state index is 0.530. The molecule has 0 fully saturated rings. The number of nitrogens with one attached hydrogen (secondary N) is 1. The molecule has 1 N–H and O–H groups in total. The average Bonchev–Trinajstić information content (AvgIpc) is 2.77. The Balaban J connectivity index is 2.19. The molecule has 0 atom stereocenters. The second-order valence-corrected chi connectivity index (χ2v) is 2.94. The number of H-pyrrole nitrogens is 1. The van der Waals surface area contributed by atoms with E-state index in [2.05, 4.69) is 30.1 Å². The van der Waals surface area contributed by atoms with E-state index in [4.69, 9.17) is 0 Å². The summed E-state index contributed by atoms with van der Waals surface area (Å²) in [5.74, 6) is 0.530. The highest BCUT2D eigenvalue weighted by atomic mass is 15.1. The van der Waals surface area contributed by atoms with Crippen molar-refractivity contribution in [2.45, 2.75) is 0 Å². The first-order valence-corrected chi connectivity index (χ1v) is 4.38. The highest BCUT2D eigenvalue weighted by molar-refractivity contribution is 5.70. The molecule has 0 bridgehead atoms. The van der Waals surface area contributed by atoms with E-state index < -0.39 is 0 Å². The Morgan fingerprint density at radius 1 is 1.20 bits per heavy atom. The molecule has 0 unspecified atom stereocenters. The minimum absolute atomic E-state index is 0.530. The van der Waals surface area contributed by atoms with Crippen LogP contribution >= 0.6 is 0 Å². The van der Waals surface area contributed by atoms with Gasteiger partial charge in [-0.2, -0.15) is 5.10 Å². The predicted octanol–water partition coefficient (Wildman–Crippen LogP) is 0.810. The van der Waals surface area contributed by atoms with Crippen molar-refractivity contribution in [2.24, 2.45) is 0 Å². The number of rotatable bonds is 1. The third-order valence-electron chi connectivity index (χ3n) is 1.98. The van der Waals surface area contributed by atoms with Crippen molar-refractivity contribution < 1.29 is 0 Å². The van der Waals surface area contributed by atoms with Crippen LogP contribution in [0.15, 0.2) is 30.9 Å². The molecule has 3 aromatic heterocycles. The number of aromatic nitrogens is 6. The molecule has 0 aromatic carbocycles. The van der Waals surface area contributed by atoms with E-state index in [1.165, 1.54) is 0 Å². The van der Waals surface area contributed by atoms with Gasteiger partial charge < -0.3 is 4.98 Å². The monoisotopic (exact) mass is 198 g/mol. The molecular weight excluding hydrogens is 192 g/mol. The zero-order chi connectivity index (χ0) is 10.1. The fraction of sp³-hybridized carbons (Fsp3) is 0. The van der Waals surface area contributed by atoms with Crippen LogP contribution in [0.2, 0.25) is 0 Å². The van der Waals surface area contributed by atoms with Crippen LogP contribution in [0.5, 0.6) is 0 Å². The van der Waals surface area contributed by atoms with E-state index in [1.54, 1.807) is 30.9 Å². The van der Waals surface area contributed by atoms with E-state index in [-0.39, 0.29) is 0 Å². The molecule has 0 spiro atoms. The quantitative estimate of drug-likeness (QED) is 0.625. The van der Waals surface area contributed by atoms with Gasteiger partial charge in [0.05, 0.1) is 12.5 Å². The smallest absolute Gasteiger partial charge is 0.182 e. The summed E-state index contributed by atoms with van der Waals surface area (Å²) in [6.07, 6.45) is 4.87. The number of hydrogen-bond donors (Lipinski definition) is 1. The number of nitrogens with zero attached hydrogens (tertiary/aromatic N) is 5. The summed E-state index contributed by atoms with van der Waals surface area (Å²) in [4.78, 5) is 15.4. The number of aromatic amines is 1. The van der Waals surface area contributed by atoms with Gasteiger partial charge in [-0.25, -0.2) is 15.0 Å². The third-order valence-corrected chi connectivity index (χ3v) is 1.98. The number of imidazole rings is 1. The van der Waals surface area contributed by atoms with Crippen molar-refractivity contribution in [2.75, 3.05) is 0 Å². The van der Waals surface area contributed by atoms with Crippen molar-refractivity contribution in [3.05, 3.63) is 30.9 Å². The molecule has 0 aliphatic carbocycles. The molecule has 72 valence electrons. The molecule has 0 aliphatic heterocycles. The summed E-state index contributed by atoms with van der Waals surface area (Å²) >= 11 is 0. The molecule has 3 heterocycles. The van der Waals surface area contributed by atoms with E-state index in [9.17, 15) is 0 Å². The maximum absolute atomic E-state index is 4.25. The van der Waals surface area contributed by atoms with E-state index >= 15 is 0 Å². The Kier molecular flexibility index (Phi) is 1.64. The van der Waals surface area contributed by atoms with Crippen LogP contribution in [0.1, 0.15) is 0 Å². The topological polar surface area (TPSA) is 80.2 Å². The van der Waals surface area contributed by atoms with E-state index in [0.29, 0.717) is 17.2 Å². The first-order valence-electron chi connectivity index (χ1n) is 4.38. The Bertz CT molecular complexity index is 588. The third kappa shape index (κ3) is 1.32. The van der Waals surface area contributed by atoms with E-state index in [1.807, 2.05) is 0 Å². The van der Waals surface area contributed by atoms with Crippen molar-refractivity contribution in [1.82, 2.24) is 30.1 Å². The molecular formula is C9H6N6. The Morgan fingerprint density at radius 3 is 3.07 bits per heavy atom. The summed E-state index contributed by atoms with van der Waals surface area (Å²) in [6, 6.07) is 3.60. The van der Waals surface area contributed by atoms with Crippen molar-refractivity contribution in [3.63, 3.8) is 0 Å². The summed E-state index contributed by atoms with van der Waals surface area (Å²) in [7, 11) is 0. The molecule has 6 nitrogen and oxygen atoms in total. The van der Waals surface area contributed by atoms with Gasteiger partial charge in [0, 0.05) is 6.20 Å². The molecule has 3 rings (SSSR count). The lowest BCUT2D eigenvalue weighted by molar-refractivity contribution is 1.02. The molecule has 0 aliphatic rings. The van der Waals surface area contributed by atoms with Gasteiger partial charge in [0.2, 0.25) is 0 Å². The summed E-state index contributed by atoms with van der Waals surface area (Å²) < 4.78 is 0. The SMILES string of the molecule is c1cnnc(-c2ncc3[nH]cnc3n2)c1. The van der Waals surface area contributed by atoms with Crippen LogP contribution in [0, 0.1) is 0 Å². The van der Waals surface area contributed by atoms with Crippen molar-refractivity contribution >= 4 is 11.2 Å². The first kappa shape index (κ1) is 7.98. The largest absolute Gasteiger partial charge is 0.342 e. The van der Waals surface area contributed by atoms with Crippen LogP contribution in [0.3, 0.4) is 0 Å². The first-order chi connectivity index (χ1) is 7.43. The van der Waals surface area contributed by atoms with Gasteiger partial charge in [0.25, 0.3) is 0 Å². The van der Waals surface area contributed by atoms with Crippen molar-refractivity contribution in [3.8, 4) is 11.5 Å². The lowest BCUT2D eigenvalue weighted by Crippen LogP contribution is -1.92. The summed E-state index contributed by atoms with van der Waals surface area (Å²) in [6.45, 7) is 0. The Labute approximate surface area is 84.4 Å². The second kappa shape index (κ2) is 3.09. The number of fused-ring (bicyclic) bond motifs is 1. The maximum atomic E-state index is 4.25. The van der Waals surface area contributed by atoms with Gasteiger partial charge in [-0.3, -0.25) is 0 Å². The van der Waals surface area contributed by atoms with Crippen LogP contribution in [0.25, 0.3) is 22.7 Å². The minimum Gasteiger partial charge on any atom is -0.342 e. The molecule has 15 heavy (non-hydrogen) atoms. The fourth-order valence-corrected chi connectivity index (χ4v) is 1.28. The average molecular weight is 198 g/mol. The van der Waals surface area contributed by atoms with Crippen LogP contribution in [-0.2, 0) is 0 Å². The zero-order valence-corrected chi connectivity index (χ0v) is 7.62. The molecule has 0 saturated heterocycles. The van der Waals surface area contributed by atoms with Gasteiger partial charge in [-0.15, -0.1) is 5.10 Å². The standard InChI is InChI=1S/C9H6N6/c1-2-6(15-13-3-1)8-10-4-7-9(14-8)12-5-11-7/h1-5H,(H,10,11,12,14). The van der Waals surface area contributed by atoms with Gasteiger partial charge in [-0.1, -0.05) is 0 Å². The molecule has 0 saturated carbocycles.